The van der Waals surface area contributed by atoms with Crippen LogP contribution in [0.5, 0.6) is 0 Å². The van der Waals surface area contributed by atoms with E-state index >= 15 is 0 Å². The number of carbonyl (C=O) groups is 2. The fraction of sp³-hybridized carbons (Fsp3) is 0.385. The fourth-order valence-corrected chi connectivity index (χ4v) is 2.71. The molecule has 0 unspecified atom stereocenters. The minimum absolute atomic E-state index is 0.0130. The SMILES string of the molecule is O=C(O)CCN(C(=O)/C=C/c1ccc(Cl)s1)C1CC1. The second kappa shape index (κ2) is 6.21. The van der Waals surface area contributed by atoms with Crippen LogP contribution in [-0.4, -0.2) is 34.5 Å². The number of carbonyl (C=O) groups excluding carboxylic acids is 1. The summed E-state index contributed by atoms with van der Waals surface area (Å²) in [5.41, 5.74) is 0. The summed E-state index contributed by atoms with van der Waals surface area (Å²) in [5, 5.41) is 8.69. The molecule has 0 atom stereocenters. The van der Waals surface area contributed by atoms with Crippen molar-refractivity contribution in [1.29, 1.82) is 0 Å². The van der Waals surface area contributed by atoms with Crippen LogP contribution >= 0.6 is 22.9 Å². The number of hydrogen-bond donors (Lipinski definition) is 1. The molecule has 1 saturated carbocycles. The van der Waals surface area contributed by atoms with Gasteiger partial charge in [-0.1, -0.05) is 11.6 Å². The predicted molar refractivity (Wildman–Crippen MR) is 75.4 cm³/mol. The lowest BCUT2D eigenvalue weighted by Crippen LogP contribution is -2.33. The third-order valence-corrected chi connectivity index (χ3v) is 4.02. The second-order valence-corrected chi connectivity index (χ2v) is 6.13. The number of hydrogen-bond acceptors (Lipinski definition) is 3. The summed E-state index contributed by atoms with van der Waals surface area (Å²) in [5.74, 6) is -1.01. The van der Waals surface area contributed by atoms with Gasteiger partial charge in [0, 0.05) is 23.5 Å². The summed E-state index contributed by atoms with van der Waals surface area (Å²) >= 11 is 7.20. The van der Waals surface area contributed by atoms with E-state index < -0.39 is 5.97 Å². The molecule has 4 nitrogen and oxygen atoms in total. The maximum absolute atomic E-state index is 12.0. The molecule has 1 aliphatic carbocycles. The number of carboxylic acid groups (broad SMARTS) is 1. The van der Waals surface area contributed by atoms with Crippen LogP contribution in [-0.2, 0) is 9.59 Å². The van der Waals surface area contributed by atoms with Crippen LogP contribution in [0.2, 0.25) is 4.34 Å². The molecule has 19 heavy (non-hydrogen) atoms. The minimum atomic E-state index is -0.882. The molecule has 1 aromatic rings. The van der Waals surface area contributed by atoms with Crippen LogP contribution in [0.1, 0.15) is 24.1 Å². The van der Waals surface area contributed by atoms with Gasteiger partial charge in [0.15, 0.2) is 0 Å². The van der Waals surface area contributed by atoms with Crippen LogP contribution in [0, 0.1) is 0 Å². The highest BCUT2D eigenvalue weighted by Gasteiger charge is 2.31. The monoisotopic (exact) mass is 299 g/mol. The maximum atomic E-state index is 12.0. The van der Waals surface area contributed by atoms with Gasteiger partial charge in [-0.25, -0.2) is 0 Å². The quantitative estimate of drug-likeness (QED) is 0.822. The summed E-state index contributed by atoms with van der Waals surface area (Å²) < 4.78 is 0.678. The van der Waals surface area contributed by atoms with Crippen LogP contribution in [0.3, 0.4) is 0 Å². The molecule has 1 aromatic heterocycles. The number of thiophene rings is 1. The maximum Gasteiger partial charge on any atom is 0.305 e. The van der Waals surface area contributed by atoms with Gasteiger partial charge in [-0.2, -0.15) is 0 Å². The molecule has 1 amide bonds. The molecular weight excluding hydrogens is 286 g/mol. The Hall–Kier alpha value is -1.33. The Balaban J connectivity index is 1.95. The van der Waals surface area contributed by atoms with E-state index in [0.717, 1.165) is 17.7 Å². The highest BCUT2D eigenvalue weighted by molar-refractivity contribution is 7.17. The lowest BCUT2D eigenvalue weighted by Gasteiger charge is -2.19. The van der Waals surface area contributed by atoms with Gasteiger partial charge in [0.25, 0.3) is 0 Å². The van der Waals surface area contributed by atoms with Gasteiger partial charge in [-0.05, 0) is 31.1 Å². The molecular formula is C13H14ClNO3S. The number of carboxylic acids is 1. The molecule has 1 heterocycles. The zero-order valence-corrected chi connectivity index (χ0v) is 11.8. The first-order valence-corrected chi connectivity index (χ1v) is 7.21. The van der Waals surface area contributed by atoms with E-state index in [1.165, 1.54) is 17.4 Å². The van der Waals surface area contributed by atoms with E-state index in [4.69, 9.17) is 16.7 Å². The summed E-state index contributed by atoms with van der Waals surface area (Å²) in [6, 6.07) is 3.83. The Kier molecular flexibility index (Phi) is 4.61. The number of nitrogens with zero attached hydrogens (tertiary/aromatic N) is 1. The van der Waals surface area contributed by atoms with Crippen LogP contribution in [0.4, 0.5) is 0 Å². The van der Waals surface area contributed by atoms with Crippen molar-refractivity contribution in [2.45, 2.75) is 25.3 Å². The van der Waals surface area contributed by atoms with E-state index in [1.807, 2.05) is 6.07 Å². The van der Waals surface area contributed by atoms with Crippen molar-refractivity contribution < 1.29 is 14.7 Å². The Bertz CT molecular complexity index is 508. The first-order valence-electron chi connectivity index (χ1n) is 6.02. The standard InChI is InChI=1S/C13H14ClNO3S/c14-11-5-3-10(19-11)4-6-12(16)15(9-1-2-9)8-7-13(17)18/h3-6,9H,1-2,7-8H2,(H,17,18)/b6-4+. The van der Waals surface area contributed by atoms with Crippen LogP contribution in [0.15, 0.2) is 18.2 Å². The predicted octanol–water partition coefficient (Wildman–Crippen LogP) is 2.88. The van der Waals surface area contributed by atoms with Crippen molar-refractivity contribution in [3.8, 4) is 0 Å². The highest BCUT2D eigenvalue weighted by atomic mass is 35.5. The van der Waals surface area contributed by atoms with Gasteiger partial charge in [-0.3, -0.25) is 9.59 Å². The molecule has 1 fully saturated rings. The van der Waals surface area contributed by atoms with Gasteiger partial charge in [0.1, 0.15) is 0 Å². The lowest BCUT2D eigenvalue weighted by atomic mass is 10.3. The normalized spacial score (nSPS) is 14.8. The van der Waals surface area contributed by atoms with Crippen LogP contribution in [0.25, 0.3) is 6.08 Å². The number of halogens is 1. The molecule has 1 aliphatic rings. The molecule has 0 bridgehead atoms. The molecule has 102 valence electrons. The van der Waals surface area contributed by atoms with Crippen molar-refractivity contribution >= 4 is 40.9 Å². The van der Waals surface area contributed by atoms with Crippen molar-refractivity contribution in [3.05, 3.63) is 27.4 Å². The van der Waals surface area contributed by atoms with Gasteiger partial charge in [0.2, 0.25) is 5.91 Å². The lowest BCUT2D eigenvalue weighted by molar-refractivity contribution is -0.138. The van der Waals surface area contributed by atoms with Crippen molar-refractivity contribution in [2.24, 2.45) is 0 Å². The molecule has 6 heteroatoms. The Morgan fingerprint density at radius 1 is 1.47 bits per heavy atom. The van der Waals surface area contributed by atoms with Gasteiger partial charge >= 0.3 is 5.97 Å². The third-order valence-electron chi connectivity index (χ3n) is 2.82. The third kappa shape index (κ3) is 4.36. The highest BCUT2D eigenvalue weighted by Crippen LogP contribution is 2.28. The largest absolute Gasteiger partial charge is 0.481 e. The summed E-state index contributed by atoms with van der Waals surface area (Å²) in [4.78, 5) is 25.2. The molecule has 0 aliphatic heterocycles. The summed E-state index contributed by atoms with van der Waals surface area (Å²) in [6.07, 6.45) is 5.12. The number of aliphatic carboxylic acids is 1. The number of rotatable bonds is 6. The van der Waals surface area contributed by atoms with E-state index in [9.17, 15) is 9.59 Å². The van der Waals surface area contributed by atoms with Gasteiger partial charge < -0.3 is 10.0 Å². The first kappa shape index (κ1) is 14.1. The fourth-order valence-electron chi connectivity index (χ4n) is 1.74. The molecule has 0 saturated heterocycles. The smallest absolute Gasteiger partial charge is 0.305 e. The first-order chi connectivity index (χ1) is 9.06. The zero-order chi connectivity index (χ0) is 13.8. The topological polar surface area (TPSA) is 57.6 Å². The molecule has 2 rings (SSSR count). The average molecular weight is 300 g/mol. The minimum Gasteiger partial charge on any atom is -0.481 e. The van der Waals surface area contributed by atoms with Gasteiger partial charge in [0.05, 0.1) is 10.8 Å². The number of amides is 1. The van der Waals surface area contributed by atoms with E-state index in [-0.39, 0.29) is 24.9 Å². The summed E-state index contributed by atoms with van der Waals surface area (Å²) in [7, 11) is 0. The Morgan fingerprint density at radius 2 is 2.21 bits per heavy atom. The summed E-state index contributed by atoms with van der Waals surface area (Å²) in [6.45, 7) is 0.272. The Labute approximate surface area is 120 Å². The van der Waals surface area contributed by atoms with Crippen LogP contribution < -0.4 is 0 Å². The van der Waals surface area contributed by atoms with E-state index in [0.29, 0.717) is 4.34 Å². The molecule has 0 spiro atoms. The van der Waals surface area contributed by atoms with Crippen molar-refractivity contribution in [2.75, 3.05) is 6.54 Å². The Morgan fingerprint density at radius 3 is 2.74 bits per heavy atom. The molecule has 0 aromatic carbocycles. The van der Waals surface area contributed by atoms with E-state index in [2.05, 4.69) is 0 Å². The van der Waals surface area contributed by atoms with Crippen molar-refractivity contribution in [1.82, 2.24) is 4.90 Å². The van der Waals surface area contributed by atoms with E-state index in [1.54, 1.807) is 17.0 Å². The molecule has 1 N–H and O–H groups in total. The van der Waals surface area contributed by atoms with Crippen molar-refractivity contribution in [3.63, 3.8) is 0 Å². The van der Waals surface area contributed by atoms with Gasteiger partial charge in [-0.15, -0.1) is 11.3 Å². The second-order valence-electron chi connectivity index (χ2n) is 4.38. The average Bonchev–Trinajstić information content (AvgIpc) is 3.09. The zero-order valence-electron chi connectivity index (χ0n) is 10.2. The molecule has 0 radical (unpaired) electrons.